The summed E-state index contributed by atoms with van der Waals surface area (Å²) in [4.78, 5) is 64.3. The van der Waals surface area contributed by atoms with Crippen molar-refractivity contribution in [1.82, 2.24) is 40.0 Å². The third kappa shape index (κ3) is 16.7. The third-order valence-electron chi connectivity index (χ3n) is 15.1. The minimum Gasteiger partial charge on any atom is -0.491 e. The summed E-state index contributed by atoms with van der Waals surface area (Å²) in [5, 5.41) is 29.0. The van der Waals surface area contributed by atoms with E-state index in [0.717, 1.165) is 56.9 Å². The van der Waals surface area contributed by atoms with Crippen molar-refractivity contribution in [2.24, 2.45) is 5.73 Å². The molecule has 3 amide bonds. The minimum absolute atomic E-state index is 0. The molecule has 0 aliphatic heterocycles. The number of amides is 3. The molecule has 3 unspecified atom stereocenters. The molecule has 95 heavy (non-hydrogen) atoms. The van der Waals surface area contributed by atoms with Crippen LogP contribution >= 0.6 is 0 Å². The molecule has 8 N–H and O–H groups in total. The van der Waals surface area contributed by atoms with E-state index in [1.807, 2.05) is 82.8 Å². The first-order chi connectivity index (χ1) is 45.0. The number of ether oxygens (including phenoxy) is 5. The topological polar surface area (TPSA) is 319 Å². The first-order valence-electron chi connectivity index (χ1n) is 28.9. The van der Waals surface area contributed by atoms with E-state index in [1.54, 1.807) is 29.6 Å². The molecule has 6 aromatic carbocycles. The van der Waals surface area contributed by atoms with Crippen LogP contribution in [-0.4, -0.2) is 153 Å². The molecule has 0 bridgehead atoms. The van der Waals surface area contributed by atoms with Crippen molar-refractivity contribution in [3.05, 3.63) is 186 Å². The number of carboxylic acid groups (broad SMARTS) is 2. The van der Waals surface area contributed by atoms with Crippen LogP contribution in [-0.2, 0) is 40.3 Å². The summed E-state index contributed by atoms with van der Waals surface area (Å²) < 4.78 is 145. The summed E-state index contributed by atoms with van der Waals surface area (Å²) in [5.74, 6) is -4.08. The summed E-state index contributed by atoms with van der Waals surface area (Å²) in [7, 11) is -2.75. The zero-order valence-electron chi connectivity index (χ0n) is 50.0. The molecule has 0 radical (unpaired) electrons. The third-order valence-corrected chi connectivity index (χ3v) is 16.6. The van der Waals surface area contributed by atoms with Crippen molar-refractivity contribution in [1.29, 1.82) is 0 Å². The van der Waals surface area contributed by atoms with Gasteiger partial charge in [0.1, 0.15) is 31.6 Å². The number of rotatable bonds is 26. The number of alkyl halides is 6. The molecule has 2 aromatic heterocycles. The van der Waals surface area contributed by atoms with Crippen molar-refractivity contribution >= 4 is 57.1 Å². The molecule has 2 aliphatic rings. The molecule has 0 saturated heterocycles. The average Bonchev–Trinajstić information content (AvgIpc) is 1.72. The Morgan fingerprint density at radius 1 is 0.705 bits per heavy atom. The molecule has 32 heteroatoms. The number of carboxylic acids is 2. The minimum atomic E-state index is -5.35. The van der Waals surface area contributed by atoms with Gasteiger partial charge >= 0.3 is 42.6 Å². The molecule has 10 rings (SSSR count). The second kappa shape index (κ2) is 30.5. The van der Waals surface area contributed by atoms with E-state index >= 15 is 26.3 Å². The van der Waals surface area contributed by atoms with E-state index in [1.165, 1.54) is 60.5 Å². The number of carbonyl (C=O) groups is 5. The van der Waals surface area contributed by atoms with Gasteiger partial charge in [-0.05, 0) is 93.4 Å². The largest absolute Gasteiger partial charge is 0.491 e. The number of aromatic carboxylic acids is 1. The number of hydrogen-bond donors (Lipinski definition) is 7. The molecule has 0 saturated carbocycles. The van der Waals surface area contributed by atoms with Crippen LogP contribution in [0.3, 0.4) is 0 Å². The number of benzene rings is 6. The number of fused-ring (bicyclic) bond motifs is 7. The van der Waals surface area contributed by atoms with Crippen molar-refractivity contribution in [2.75, 3.05) is 64.7 Å². The summed E-state index contributed by atoms with van der Waals surface area (Å²) in [6.07, 6.45) is -17.5. The fraction of sp³-hybridized carbons (Fsp3) is 0.286. The van der Waals surface area contributed by atoms with Crippen LogP contribution in [0, 0.1) is 0 Å². The van der Waals surface area contributed by atoms with E-state index in [0.29, 0.717) is 32.7 Å². The number of halogens is 6. The van der Waals surface area contributed by atoms with Gasteiger partial charge in [-0.3, -0.25) is 24.7 Å². The van der Waals surface area contributed by atoms with Gasteiger partial charge in [0, 0.05) is 55.8 Å². The number of imidazole rings is 1. The predicted molar refractivity (Wildman–Crippen MR) is 326 cm³/mol. The number of hydrogen-bond acceptors (Lipinski definition) is 16. The standard InChI is InChI=1S/C48H39F6N7O6.C15H23N3O8S.Fm/c49-47(50,51)42(57-45(64)66-26-38-34-14-5-1-10-30(34)31-11-2-6-15-35(31)38)59(21-9-22-61-40-19-18-28(41(62)63)24-29(40)25-56-61)44-55-20-23-60(44)43(48(52,53)54)58-46(65)67-27-39-36-16-7-3-12-32(36)33-13-4-8-17-37(33)39;1-24-15(21)17-6-7-25-8-9-26-11-2-4-12(5-3-11)27(22,23)18-13(10-16)14(19)20;/h1-8,10-20,23-25,38-39,42-43H,9,21-22,26-27H2,(H,57,64)(H,58,65)(H,62,63);2-5,13,18H,6-10,16H2,1H3,(H,17,21)(H,19,20);. The van der Waals surface area contributed by atoms with Crippen LogP contribution in [0.1, 0.15) is 57.0 Å². The van der Waals surface area contributed by atoms with Gasteiger partial charge in [-0.25, -0.2) is 32.6 Å². The maximum atomic E-state index is 15.4. The van der Waals surface area contributed by atoms with Crippen LogP contribution in [0.15, 0.2) is 163 Å². The Morgan fingerprint density at radius 2 is 1.25 bits per heavy atom. The second-order valence-electron chi connectivity index (χ2n) is 21.1. The molecular weight excluding hydrogens is 1520 g/mol. The maximum Gasteiger partial charge on any atom is 0.428 e. The number of nitrogens with two attached hydrogens (primary N) is 1. The number of alkyl carbamates (subject to hydrolysis) is 3. The second-order valence-corrected chi connectivity index (χ2v) is 22.8. The van der Waals surface area contributed by atoms with Crippen molar-refractivity contribution < 1.29 is 92.6 Å². The number of aromatic nitrogens is 4. The summed E-state index contributed by atoms with van der Waals surface area (Å²) >= 11 is 0. The van der Waals surface area contributed by atoms with Gasteiger partial charge in [0.25, 0.3) is 0 Å². The smallest absolute Gasteiger partial charge is 0.428 e. The van der Waals surface area contributed by atoms with Gasteiger partial charge in [0.2, 0.25) is 28.3 Å². The van der Waals surface area contributed by atoms with Crippen LogP contribution in [0.2, 0.25) is 0 Å². The summed E-state index contributed by atoms with van der Waals surface area (Å²) in [6, 6.07) is 37.5. The Bertz CT molecular complexity index is 4030. The van der Waals surface area contributed by atoms with Crippen molar-refractivity contribution in [3.8, 4) is 28.0 Å². The Hall–Kier alpha value is -11.2. The number of methoxy groups -OCH3 is 1. The molecule has 3 atom stereocenters. The zero-order chi connectivity index (χ0) is 67.3. The van der Waals surface area contributed by atoms with E-state index < -0.39 is 95.3 Å². The first-order valence-corrected chi connectivity index (χ1v) is 30.4. The first kappa shape index (κ1) is 69.6. The number of sulfonamides is 1. The van der Waals surface area contributed by atoms with Gasteiger partial charge in [-0.1, -0.05) is 97.1 Å². The molecule has 2 heterocycles. The number of carbonyl (C=O) groups excluding carboxylic acids is 3. The zero-order valence-corrected chi connectivity index (χ0v) is 53.3. The molecule has 0 spiro atoms. The van der Waals surface area contributed by atoms with Crippen molar-refractivity contribution in [3.63, 3.8) is 0 Å². The quantitative estimate of drug-likeness (QED) is 0.0115. The normalized spacial score (nSPS) is 13.4. The van der Waals surface area contributed by atoms with Crippen LogP contribution in [0.4, 0.5) is 46.7 Å². The van der Waals surface area contributed by atoms with E-state index in [2.05, 4.69) is 20.1 Å². The Balaban J connectivity index is 0.000000349. The van der Waals surface area contributed by atoms with E-state index in [9.17, 15) is 37.5 Å². The van der Waals surface area contributed by atoms with Crippen LogP contribution in [0.5, 0.6) is 5.75 Å². The Morgan fingerprint density at radius 3 is 1.76 bits per heavy atom. The number of anilines is 1. The predicted octanol–water partition coefficient (Wildman–Crippen LogP) is 8.98. The summed E-state index contributed by atoms with van der Waals surface area (Å²) in [5.41, 5.74) is 12.3. The van der Waals surface area contributed by atoms with Gasteiger partial charge in [-0.2, -0.15) is 36.2 Å². The number of aliphatic carboxylic acids is 1. The fourth-order valence-corrected chi connectivity index (χ4v) is 12.0. The SMILES string of the molecule is COC(=O)NCCOCCOc1ccc(S(=O)(=O)NC(CN)C(=O)O)cc1.O=C(NC(N(CCCn1ncc2cc(C(=O)O)ccc21)c1nccn1C(NC(=O)OCC1c2ccccc2-c2ccccc21)C(F)(F)F)C(F)(F)F)OCC1c2ccccc2-c2ccccc21.[Fm]. The van der Waals surface area contributed by atoms with Gasteiger partial charge in [0.05, 0.1) is 42.5 Å². The van der Waals surface area contributed by atoms with Gasteiger partial charge in [0.15, 0.2) is 0 Å². The Labute approximate surface area is 532 Å². The van der Waals surface area contributed by atoms with Crippen LogP contribution < -0.4 is 36.0 Å². The molecule has 0 fully saturated rings. The Kier molecular flexibility index (Phi) is 22.3. The molecule has 508 valence electrons. The van der Waals surface area contributed by atoms with Gasteiger partial charge < -0.3 is 49.8 Å². The molecular formula is C63H62F6FmN10O14S. The number of nitrogens with zero attached hydrogens (tertiary/aromatic N) is 5. The molecule has 24 nitrogen and oxygen atoms in total. The number of aryl methyl sites for hydroxylation is 1. The van der Waals surface area contributed by atoms with Crippen molar-refractivity contribution in [2.45, 2.75) is 60.4 Å². The van der Waals surface area contributed by atoms with Crippen LogP contribution in [0.25, 0.3) is 33.2 Å². The van der Waals surface area contributed by atoms with E-state index in [4.69, 9.17) is 29.8 Å². The monoisotopic (exact) mass is 1590 g/mol. The maximum absolute atomic E-state index is 15.4. The average molecular weight is 1590 g/mol. The van der Waals surface area contributed by atoms with E-state index in [-0.39, 0.29) is 63.0 Å². The molecule has 8 aromatic rings. The molecule has 2 aliphatic carbocycles. The number of nitrogens with one attached hydrogen (secondary N) is 4. The fourth-order valence-electron chi connectivity index (χ4n) is 10.8. The van der Waals surface area contributed by atoms with Gasteiger partial charge in [-0.15, -0.1) is 0 Å². The summed E-state index contributed by atoms with van der Waals surface area (Å²) in [6.45, 7) is -0.816.